The molecule has 1 unspecified atom stereocenters. The molecule has 0 bridgehead atoms. The van der Waals surface area contributed by atoms with E-state index in [0.717, 1.165) is 34.5 Å². The Hall–Kier alpha value is -0.480. The third kappa shape index (κ3) is 4.52. The normalized spacial score (nSPS) is 19.1. The number of carbonyl (C=O) groups is 1. The maximum atomic E-state index is 11.9. The summed E-state index contributed by atoms with van der Waals surface area (Å²) in [5.74, 6) is -0.321. The molecule has 1 aliphatic rings. The second-order valence-electron chi connectivity index (χ2n) is 4.48. The van der Waals surface area contributed by atoms with Crippen molar-refractivity contribution in [3.05, 3.63) is 15.9 Å². The molecule has 1 fully saturated rings. The quantitative estimate of drug-likeness (QED) is 0.675. The summed E-state index contributed by atoms with van der Waals surface area (Å²) >= 11 is 4.31. The highest BCUT2D eigenvalue weighted by molar-refractivity contribution is 9.11. The highest BCUT2D eigenvalue weighted by Crippen LogP contribution is 2.25. The maximum absolute atomic E-state index is 11.9. The second-order valence-corrected chi connectivity index (χ2v) is 8.94. The monoisotopic (exact) mass is 381 g/mol. The van der Waals surface area contributed by atoms with Crippen molar-refractivity contribution in [1.82, 2.24) is 15.4 Å². The molecule has 2 heterocycles. The summed E-state index contributed by atoms with van der Waals surface area (Å²) in [4.78, 5) is 11.6. The van der Waals surface area contributed by atoms with Gasteiger partial charge in [-0.25, -0.2) is 13.1 Å². The number of hydrogen-bond acceptors (Lipinski definition) is 5. The summed E-state index contributed by atoms with van der Waals surface area (Å²) in [6.07, 6.45) is 2.15. The summed E-state index contributed by atoms with van der Waals surface area (Å²) in [5.41, 5.74) is 0. The zero-order valence-corrected chi connectivity index (χ0v) is 13.9. The zero-order chi connectivity index (χ0) is 14.6. The van der Waals surface area contributed by atoms with Gasteiger partial charge in [0.15, 0.2) is 0 Å². The number of thiophene rings is 1. The van der Waals surface area contributed by atoms with Gasteiger partial charge in [0.1, 0.15) is 4.21 Å². The molecule has 20 heavy (non-hydrogen) atoms. The fourth-order valence-corrected chi connectivity index (χ4v) is 4.94. The predicted molar refractivity (Wildman–Crippen MR) is 81.2 cm³/mol. The van der Waals surface area contributed by atoms with Crippen LogP contribution in [-0.2, 0) is 14.8 Å². The van der Waals surface area contributed by atoms with Crippen molar-refractivity contribution in [2.24, 2.45) is 0 Å². The number of amides is 1. The van der Waals surface area contributed by atoms with E-state index in [1.807, 2.05) is 0 Å². The molecule has 2 rings (SSSR count). The first-order chi connectivity index (χ1) is 9.47. The molecule has 1 amide bonds. The highest BCUT2D eigenvalue weighted by Gasteiger charge is 2.18. The highest BCUT2D eigenvalue weighted by atomic mass is 79.9. The van der Waals surface area contributed by atoms with Gasteiger partial charge in [-0.15, -0.1) is 11.3 Å². The summed E-state index contributed by atoms with van der Waals surface area (Å²) < 4.78 is 27.0. The molecule has 112 valence electrons. The van der Waals surface area contributed by atoms with Crippen LogP contribution in [0.4, 0.5) is 0 Å². The molecule has 1 aromatic heterocycles. The molecule has 1 aliphatic heterocycles. The van der Waals surface area contributed by atoms with E-state index in [1.54, 1.807) is 6.07 Å². The molecule has 3 N–H and O–H groups in total. The Labute approximate surface area is 130 Å². The molecule has 0 saturated carbocycles. The molecule has 0 spiro atoms. The predicted octanol–water partition coefficient (Wildman–Crippen LogP) is 0.657. The third-order valence-electron chi connectivity index (χ3n) is 2.94. The van der Waals surface area contributed by atoms with Crippen LogP contribution in [0.5, 0.6) is 0 Å². The van der Waals surface area contributed by atoms with Crippen LogP contribution in [0.25, 0.3) is 0 Å². The number of hydrogen-bond donors (Lipinski definition) is 3. The van der Waals surface area contributed by atoms with E-state index in [9.17, 15) is 13.2 Å². The molecular formula is C11H16BrN3O3S2. The summed E-state index contributed by atoms with van der Waals surface area (Å²) in [5, 5.41) is 5.98. The van der Waals surface area contributed by atoms with Crippen LogP contribution in [0.15, 0.2) is 20.1 Å². The maximum Gasteiger partial charge on any atom is 0.250 e. The SMILES string of the molecule is O=C(CNS(=O)(=O)c1ccc(Br)s1)NCC1CCCN1. The van der Waals surface area contributed by atoms with E-state index < -0.39 is 10.0 Å². The fraction of sp³-hybridized carbons (Fsp3) is 0.545. The minimum absolute atomic E-state index is 0.189. The number of nitrogens with one attached hydrogen (secondary N) is 3. The average molecular weight is 382 g/mol. The van der Waals surface area contributed by atoms with Crippen molar-refractivity contribution in [2.75, 3.05) is 19.6 Å². The molecule has 0 aliphatic carbocycles. The molecule has 0 aromatic carbocycles. The molecule has 1 aromatic rings. The summed E-state index contributed by atoms with van der Waals surface area (Å²) in [7, 11) is -3.61. The lowest BCUT2D eigenvalue weighted by Crippen LogP contribution is -2.42. The standard InChI is InChI=1S/C11H16BrN3O3S2/c12-9-3-4-11(19-9)20(17,18)15-7-10(16)14-6-8-2-1-5-13-8/h3-4,8,13,15H,1-2,5-7H2,(H,14,16). The van der Waals surface area contributed by atoms with E-state index >= 15 is 0 Å². The van der Waals surface area contributed by atoms with Gasteiger partial charge in [0.25, 0.3) is 10.0 Å². The Morgan fingerprint density at radius 2 is 2.30 bits per heavy atom. The largest absolute Gasteiger partial charge is 0.353 e. The lowest BCUT2D eigenvalue weighted by Gasteiger charge is -2.11. The lowest BCUT2D eigenvalue weighted by molar-refractivity contribution is -0.120. The summed E-state index contributed by atoms with van der Waals surface area (Å²) in [6, 6.07) is 3.45. The first-order valence-electron chi connectivity index (χ1n) is 6.22. The van der Waals surface area contributed by atoms with Crippen molar-refractivity contribution < 1.29 is 13.2 Å². The van der Waals surface area contributed by atoms with Gasteiger partial charge in [0.2, 0.25) is 5.91 Å². The Balaban J connectivity index is 1.77. The van der Waals surface area contributed by atoms with E-state index in [1.165, 1.54) is 6.07 Å². The van der Waals surface area contributed by atoms with Crippen LogP contribution < -0.4 is 15.4 Å². The number of halogens is 1. The average Bonchev–Trinajstić information content (AvgIpc) is 3.05. The fourth-order valence-electron chi connectivity index (χ4n) is 1.90. The molecule has 1 atom stereocenters. The van der Waals surface area contributed by atoms with Crippen molar-refractivity contribution in [1.29, 1.82) is 0 Å². The van der Waals surface area contributed by atoms with Gasteiger partial charge < -0.3 is 10.6 Å². The topological polar surface area (TPSA) is 87.3 Å². The Kier molecular flexibility index (Phi) is 5.56. The lowest BCUT2D eigenvalue weighted by atomic mass is 10.2. The number of carbonyl (C=O) groups excluding carboxylic acids is 1. The van der Waals surface area contributed by atoms with E-state index in [2.05, 4.69) is 31.3 Å². The van der Waals surface area contributed by atoms with Crippen molar-refractivity contribution in [3.8, 4) is 0 Å². The van der Waals surface area contributed by atoms with Crippen LogP contribution in [0, 0.1) is 0 Å². The molecule has 1 saturated heterocycles. The van der Waals surface area contributed by atoms with Crippen molar-refractivity contribution >= 4 is 43.2 Å². The van der Waals surface area contributed by atoms with Crippen molar-refractivity contribution in [3.63, 3.8) is 0 Å². The zero-order valence-electron chi connectivity index (χ0n) is 10.7. The smallest absolute Gasteiger partial charge is 0.250 e. The van der Waals surface area contributed by atoms with Gasteiger partial charge in [-0.1, -0.05) is 0 Å². The first-order valence-corrected chi connectivity index (χ1v) is 9.32. The number of rotatable bonds is 6. The van der Waals surface area contributed by atoms with Gasteiger partial charge in [0, 0.05) is 12.6 Å². The second kappa shape index (κ2) is 6.99. The van der Waals surface area contributed by atoms with Gasteiger partial charge in [-0.2, -0.15) is 0 Å². The van der Waals surface area contributed by atoms with Gasteiger partial charge in [0.05, 0.1) is 10.3 Å². The Morgan fingerprint density at radius 3 is 2.90 bits per heavy atom. The molecule has 6 nitrogen and oxygen atoms in total. The number of sulfonamides is 1. The van der Waals surface area contributed by atoms with E-state index in [-0.39, 0.29) is 16.7 Å². The van der Waals surface area contributed by atoms with Crippen LogP contribution in [0.1, 0.15) is 12.8 Å². The minimum atomic E-state index is -3.61. The van der Waals surface area contributed by atoms with Gasteiger partial charge in [-0.05, 0) is 47.4 Å². The van der Waals surface area contributed by atoms with Crippen molar-refractivity contribution in [2.45, 2.75) is 23.1 Å². The Bertz CT molecular complexity index is 567. The molecule has 9 heteroatoms. The summed E-state index contributed by atoms with van der Waals surface area (Å²) in [6.45, 7) is 1.26. The third-order valence-corrected chi connectivity index (χ3v) is 6.46. The Morgan fingerprint density at radius 1 is 1.50 bits per heavy atom. The van der Waals surface area contributed by atoms with Gasteiger partial charge >= 0.3 is 0 Å². The van der Waals surface area contributed by atoms with Crippen LogP contribution >= 0.6 is 27.3 Å². The van der Waals surface area contributed by atoms with Gasteiger partial charge in [-0.3, -0.25) is 4.79 Å². The minimum Gasteiger partial charge on any atom is -0.353 e. The van der Waals surface area contributed by atoms with Crippen LogP contribution in [-0.4, -0.2) is 40.0 Å². The van der Waals surface area contributed by atoms with Crippen LogP contribution in [0.2, 0.25) is 0 Å². The van der Waals surface area contributed by atoms with E-state index in [4.69, 9.17) is 0 Å². The van der Waals surface area contributed by atoms with E-state index in [0.29, 0.717) is 12.6 Å². The first kappa shape index (κ1) is 15.9. The molecule has 0 radical (unpaired) electrons. The van der Waals surface area contributed by atoms with Crippen LogP contribution in [0.3, 0.4) is 0 Å². The molecular weight excluding hydrogens is 366 g/mol.